The molecule has 0 aliphatic carbocycles. The summed E-state index contributed by atoms with van der Waals surface area (Å²) in [5.74, 6) is 1.37. The van der Waals surface area contributed by atoms with Gasteiger partial charge < -0.3 is 14.8 Å². The lowest BCUT2D eigenvalue weighted by atomic mass is 9.87. The van der Waals surface area contributed by atoms with Gasteiger partial charge in [-0.15, -0.1) is 0 Å². The zero-order chi connectivity index (χ0) is 15.1. The second-order valence-electron chi connectivity index (χ2n) is 5.59. The van der Waals surface area contributed by atoms with Gasteiger partial charge in [-0.3, -0.25) is 4.98 Å². The van der Waals surface area contributed by atoms with Crippen molar-refractivity contribution in [3.63, 3.8) is 0 Å². The van der Waals surface area contributed by atoms with E-state index in [-0.39, 0.29) is 0 Å². The van der Waals surface area contributed by atoms with E-state index in [4.69, 9.17) is 9.47 Å². The van der Waals surface area contributed by atoms with Crippen LogP contribution < -0.4 is 10.1 Å². The predicted molar refractivity (Wildman–Crippen MR) is 84.6 cm³/mol. The molecule has 2 heterocycles. The van der Waals surface area contributed by atoms with Crippen molar-refractivity contribution in [2.45, 2.75) is 52.2 Å². The van der Waals surface area contributed by atoms with Gasteiger partial charge in [0.25, 0.3) is 0 Å². The molecule has 1 aliphatic rings. The SMILES string of the molecule is CCCNC(c1cncc(OCC)c1)C1CCOC1CC. The topological polar surface area (TPSA) is 43.4 Å². The summed E-state index contributed by atoms with van der Waals surface area (Å²) in [7, 11) is 0. The molecule has 1 fully saturated rings. The molecular formula is C17H28N2O2. The number of hydrogen-bond acceptors (Lipinski definition) is 4. The molecule has 3 atom stereocenters. The van der Waals surface area contributed by atoms with Crippen LogP contribution in [0.1, 0.15) is 51.6 Å². The molecule has 2 rings (SSSR count). The number of nitrogens with one attached hydrogen (secondary N) is 1. The molecule has 0 aromatic carbocycles. The number of pyridine rings is 1. The van der Waals surface area contributed by atoms with Gasteiger partial charge in [-0.2, -0.15) is 0 Å². The Morgan fingerprint density at radius 1 is 1.38 bits per heavy atom. The van der Waals surface area contributed by atoms with E-state index in [2.05, 4.69) is 30.2 Å². The lowest BCUT2D eigenvalue weighted by Gasteiger charge is -2.28. The molecule has 4 nitrogen and oxygen atoms in total. The molecule has 1 aromatic heterocycles. The van der Waals surface area contributed by atoms with Crippen LogP contribution in [0.15, 0.2) is 18.5 Å². The van der Waals surface area contributed by atoms with Crippen molar-refractivity contribution >= 4 is 0 Å². The second-order valence-corrected chi connectivity index (χ2v) is 5.59. The summed E-state index contributed by atoms with van der Waals surface area (Å²) < 4.78 is 11.5. The Kier molecular flexibility index (Phi) is 6.46. The Balaban J connectivity index is 2.20. The highest BCUT2D eigenvalue weighted by Crippen LogP contribution is 2.35. The first-order valence-corrected chi connectivity index (χ1v) is 8.22. The maximum atomic E-state index is 5.88. The van der Waals surface area contributed by atoms with Crippen LogP contribution in [0.4, 0.5) is 0 Å². The normalized spacial score (nSPS) is 23.2. The molecule has 0 saturated carbocycles. The molecule has 4 heteroatoms. The van der Waals surface area contributed by atoms with Crippen LogP contribution in [0.25, 0.3) is 0 Å². The van der Waals surface area contributed by atoms with Crippen molar-refractivity contribution < 1.29 is 9.47 Å². The van der Waals surface area contributed by atoms with Crippen LogP contribution >= 0.6 is 0 Å². The second kappa shape index (κ2) is 8.35. The Morgan fingerprint density at radius 3 is 2.95 bits per heavy atom. The highest BCUT2D eigenvalue weighted by atomic mass is 16.5. The highest BCUT2D eigenvalue weighted by molar-refractivity contribution is 5.27. The number of hydrogen-bond donors (Lipinski definition) is 1. The van der Waals surface area contributed by atoms with E-state index in [1.807, 2.05) is 13.1 Å². The largest absolute Gasteiger partial charge is 0.492 e. The molecule has 0 bridgehead atoms. The summed E-state index contributed by atoms with van der Waals surface area (Å²) in [6.07, 6.45) is 7.38. The summed E-state index contributed by atoms with van der Waals surface area (Å²) in [4.78, 5) is 4.35. The third-order valence-corrected chi connectivity index (χ3v) is 4.11. The molecule has 1 saturated heterocycles. The van der Waals surface area contributed by atoms with Gasteiger partial charge in [0.1, 0.15) is 5.75 Å². The van der Waals surface area contributed by atoms with Gasteiger partial charge in [-0.25, -0.2) is 0 Å². The summed E-state index contributed by atoms with van der Waals surface area (Å²) in [5.41, 5.74) is 1.21. The number of rotatable bonds is 8. The van der Waals surface area contributed by atoms with Crippen LogP contribution in [-0.2, 0) is 4.74 Å². The van der Waals surface area contributed by atoms with E-state index < -0.39 is 0 Å². The minimum Gasteiger partial charge on any atom is -0.492 e. The van der Waals surface area contributed by atoms with Gasteiger partial charge in [-0.1, -0.05) is 13.8 Å². The molecule has 21 heavy (non-hydrogen) atoms. The maximum absolute atomic E-state index is 5.88. The first kappa shape index (κ1) is 16.2. The molecule has 118 valence electrons. The van der Waals surface area contributed by atoms with Gasteiger partial charge in [0, 0.05) is 24.8 Å². The van der Waals surface area contributed by atoms with Crippen LogP contribution in [-0.4, -0.2) is 30.8 Å². The van der Waals surface area contributed by atoms with E-state index in [1.165, 1.54) is 5.56 Å². The molecule has 1 N–H and O–H groups in total. The lowest BCUT2D eigenvalue weighted by molar-refractivity contribution is 0.0773. The van der Waals surface area contributed by atoms with Crippen molar-refractivity contribution in [3.8, 4) is 5.75 Å². The van der Waals surface area contributed by atoms with Crippen LogP contribution in [0.3, 0.4) is 0 Å². The van der Waals surface area contributed by atoms with Crippen molar-refractivity contribution in [2.24, 2.45) is 5.92 Å². The summed E-state index contributed by atoms with van der Waals surface area (Å²) >= 11 is 0. The standard InChI is InChI=1S/C17H28N2O2/c1-4-8-19-17(15-7-9-21-16(15)5-2)13-10-14(20-6-3)12-18-11-13/h10-12,15-17,19H,4-9H2,1-3H3. The van der Waals surface area contributed by atoms with Crippen molar-refractivity contribution in [1.82, 2.24) is 10.3 Å². The summed E-state index contributed by atoms with van der Waals surface area (Å²) in [5, 5.41) is 3.69. The molecule has 3 unspecified atom stereocenters. The third kappa shape index (κ3) is 4.17. The maximum Gasteiger partial charge on any atom is 0.137 e. The molecule has 1 aromatic rings. The molecule has 0 spiro atoms. The minimum atomic E-state index is 0.297. The van der Waals surface area contributed by atoms with Gasteiger partial charge >= 0.3 is 0 Å². The zero-order valence-corrected chi connectivity index (χ0v) is 13.5. The average molecular weight is 292 g/mol. The van der Waals surface area contributed by atoms with Crippen LogP contribution in [0, 0.1) is 5.92 Å². The first-order chi connectivity index (χ1) is 10.3. The van der Waals surface area contributed by atoms with Crippen molar-refractivity contribution in [1.29, 1.82) is 0 Å². The Morgan fingerprint density at radius 2 is 2.24 bits per heavy atom. The van der Waals surface area contributed by atoms with E-state index in [9.17, 15) is 0 Å². The van der Waals surface area contributed by atoms with Gasteiger partial charge in [0.15, 0.2) is 0 Å². The fourth-order valence-corrected chi connectivity index (χ4v) is 3.13. The third-order valence-electron chi connectivity index (χ3n) is 4.11. The first-order valence-electron chi connectivity index (χ1n) is 8.22. The average Bonchev–Trinajstić information content (AvgIpc) is 2.97. The predicted octanol–water partition coefficient (Wildman–Crippen LogP) is 3.34. The van der Waals surface area contributed by atoms with Crippen molar-refractivity contribution in [3.05, 3.63) is 24.0 Å². The van der Waals surface area contributed by atoms with Gasteiger partial charge in [-0.05, 0) is 44.4 Å². The Labute approximate surface area is 128 Å². The van der Waals surface area contributed by atoms with Crippen molar-refractivity contribution in [2.75, 3.05) is 19.8 Å². The fourth-order valence-electron chi connectivity index (χ4n) is 3.13. The number of ether oxygens (including phenoxy) is 2. The molecule has 1 aliphatic heterocycles. The molecule has 0 amide bonds. The van der Waals surface area contributed by atoms with E-state index in [0.29, 0.717) is 24.7 Å². The Bertz CT molecular complexity index is 425. The Hall–Kier alpha value is -1.13. The molecular weight excluding hydrogens is 264 g/mol. The zero-order valence-electron chi connectivity index (χ0n) is 13.5. The summed E-state index contributed by atoms with van der Waals surface area (Å²) in [6, 6.07) is 2.42. The van der Waals surface area contributed by atoms with E-state index in [1.54, 1.807) is 6.20 Å². The number of nitrogens with zero attached hydrogens (tertiary/aromatic N) is 1. The molecule has 0 radical (unpaired) electrons. The van der Waals surface area contributed by atoms with Gasteiger partial charge in [0.05, 0.1) is 18.9 Å². The number of aromatic nitrogens is 1. The summed E-state index contributed by atoms with van der Waals surface area (Å²) in [6.45, 7) is 8.94. The van der Waals surface area contributed by atoms with Crippen LogP contribution in [0.2, 0.25) is 0 Å². The van der Waals surface area contributed by atoms with Gasteiger partial charge in [0.2, 0.25) is 0 Å². The minimum absolute atomic E-state index is 0.297. The quantitative estimate of drug-likeness (QED) is 0.798. The fraction of sp³-hybridized carbons (Fsp3) is 0.706. The van der Waals surface area contributed by atoms with Crippen LogP contribution in [0.5, 0.6) is 5.75 Å². The van der Waals surface area contributed by atoms with E-state index >= 15 is 0 Å². The smallest absolute Gasteiger partial charge is 0.137 e. The highest BCUT2D eigenvalue weighted by Gasteiger charge is 2.34. The van der Waals surface area contributed by atoms with E-state index in [0.717, 1.165) is 38.2 Å². The monoisotopic (exact) mass is 292 g/mol. The lowest BCUT2D eigenvalue weighted by Crippen LogP contribution is -2.33.